The molecule has 5 aliphatic rings. The minimum Gasteiger partial charge on any atom is -0.851 e. The van der Waals surface area contributed by atoms with Crippen molar-refractivity contribution in [3.8, 4) is 0 Å². The van der Waals surface area contributed by atoms with E-state index in [-0.39, 0.29) is 29.3 Å². The molecule has 6 heteroatoms. The molecule has 3 aliphatic carbocycles. The van der Waals surface area contributed by atoms with Gasteiger partial charge in [0, 0.05) is 52.5 Å². The van der Waals surface area contributed by atoms with Gasteiger partial charge < -0.3 is 31.1 Å². The van der Waals surface area contributed by atoms with E-state index in [1.165, 1.54) is 32.9 Å². The molecule has 258 valence electrons. The molecule has 4 N–H and O–H groups in total. The van der Waals surface area contributed by atoms with Crippen molar-refractivity contribution in [2.45, 2.75) is 103 Å². The highest BCUT2D eigenvalue weighted by Gasteiger charge is 2.51. The van der Waals surface area contributed by atoms with Crippen molar-refractivity contribution < 1.29 is 9.84 Å². The first-order chi connectivity index (χ1) is 23.5. The van der Waals surface area contributed by atoms with E-state index in [1.54, 1.807) is 7.11 Å². The van der Waals surface area contributed by atoms with Crippen LogP contribution in [0.4, 0.5) is 22.7 Å². The molecule has 9 rings (SSSR count). The van der Waals surface area contributed by atoms with Gasteiger partial charge in [0.1, 0.15) is 11.3 Å². The summed E-state index contributed by atoms with van der Waals surface area (Å²) in [6.07, 6.45) is 3.13. The smallest absolute Gasteiger partial charge is 0.108 e. The molecule has 2 spiro atoms. The van der Waals surface area contributed by atoms with E-state index in [4.69, 9.17) is 4.74 Å². The van der Waals surface area contributed by atoms with Crippen molar-refractivity contribution in [3.05, 3.63) is 71.8 Å². The second-order valence-corrected chi connectivity index (χ2v) is 17.2. The van der Waals surface area contributed by atoms with E-state index in [1.807, 2.05) is 0 Å². The third-order valence-electron chi connectivity index (χ3n) is 14.3. The second kappa shape index (κ2) is 11.0. The first-order valence-corrected chi connectivity index (χ1v) is 18.9. The third-order valence-corrected chi connectivity index (χ3v) is 14.3. The molecule has 3 saturated carbocycles. The lowest BCUT2D eigenvalue weighted by atomic mass is 9.61. The molecule has 2 heterocycles. The number of anilines is 4. The number of benzene rings is 4. The van der Waals surface area contributed by atoms with Gasteiger partial charge in [-0.05, 0) is 95.2 Å². The number of hydrogen-bond donors (Lipinski definition) is 4. The second-order valence-electron chi connectivity index (χ2n) is 17.2. The van der Waals surface area contributed by atoms with Crippen molar-refractivity contribution in [2.75, 3.05) is 28.4 Å². The summed E-state index contributed by atoms with van der Waals surface area (Å²) in [5.41, 5.74) is 6.36. The van der Waals surface area contributed by atoms with Crippen molar-refractivity contribution in [3.63, 3.8) is 0 Å². The molecule has 6 unspecified atom stereocenters. The summed E-state index contributed by atoms with van der Waals surface area (Å²) in [5, 5.41) is 35.8. The molecule has 0 saturated heterocycles. The van der Waals surface area contributed by atoms with Gasteiger partial charge in [0.2, 0.25) is 0 Å². The van der Waals surface area contributed by atoms with Crippen LogP contribution in [0.1, 0.15) is 90.2 Å². The third kappa shape index (κ3) is 4.58. The highest BCUT2D eigenvalue weighted by molar-refractivity contribution is 6.08. The highest BCUT2D eigenvalue weighted by atomic mass is 16.5. The van der Waals surface area contributed by atoms with Gasteiger partial charge in [0.05, 0.1) is 6.10 Å². The summed E-state index contributed by atoms with van der Waals surface area (Å²) >= 11 is 0. The zero-order valence-corrected chi connectivity index (χ0v) is 30.2. The fourth-order valence-electron chi connectivity index (χ4n) is 11.2. The molecule has 49 heavy (non-hydrogen) atoms. The maximum Gasteiger partial charge on any atom is 0.108 e. The predicted molar refractivity (Wildman–Crippen MR) is 201 cm³/mol. The maximum absolute atomic E-state index is 14.9. The van der Waals surface area contributed by atoms with Gasteiger partial charge in [-0.25, -0.2) is 0 Å². The molecule has 4 aromatic rings. The zero-order valence-electron chi connectivity index (χ0n) is 30.2. The van der Waals surface area contributed by atoms with E-state index in [9.17, 15) is 5.11 Å². The zero-order chi connectivity index (χ0) is 34.0. The lowest BCUT2D eigenvalue weighted by molar-refractivity contribution is -0.463. The van der Waals surface area contributed by atoms with Crippen molar-refractivity contribution in [1.82, 2.24) is 0 Å². The Bertz CT molecular complexity index is 1790. The number of rotatable bonds is 3. The first kappa shape index (κ1) is 31.5. The van der Waals surface area contributed by atoms with Gasteiger partial charge in [-0.1, -0.05) is 90.1 Å². The average molecular weight is 658 g/mol. The van der Waals surface area contributed by atoms with Gasteiger partial charge >= 0.3 is 0 Å². The summed E-state index contributed by atoms with van der Waals surface area (Å²) in [5.74, 6) is 3.17. The van der Waals surface area contributed by atoms with Gasteiger partial charge in [-0.15, -0.1) is 6.10 Å². The van der Waals surface area contributed by atoms with Gasteiger partial charge in [-0.2, -0.15) is 0 Å². The highest BCUT2D eigenvalue weighted by Crippen LogP contribution is 2.57. The molecule has 0 bridgehead atoms. The Hall–Kier alpha value is -3.48. The number of methoxy groups -OCH3 is 1. The molecule has 0 radical (unpaired) electrons. The van der Waals surface area contributed by atoms with Crippen LogP contribution in [0.25, 0.3) is 21.5 Å². The fourth-order valence-corrected chi connectivity index (χ4v) is 11.2. The van der Waals surface area contributed by atoms with Crippen LogP contribution in [0.3, 0.4) is 0 Å². The van der Waals surface area contributed by atoms with Crippen molar-refractivity contribution in [2.24, 2.45) is 35.5 Å². The molecule has 4 aromatic carbocycles. The van der Waals surface area contributed by atoms with Crippen LogP contribution in [-0.4, -0.2) is 30.6 Å². The van der Waals surface area contributed by atoms with Gasteiger partial charge in [-0.3, -0.25) is 0 Å². The molecule has 0 amide bonds. The largest absolute Gasteiger partial charge is 0.851 e. The molecule has 0 aromatic heterocycles. The Morgan fingerprint density at radius 1 is 0.571 bits per heavy atom. The Labute approximate surface area is 291 Å². The summed E-state index contributed by atoms with van der Waals surface area (Å²) in [4.78, 5) is 0. The lowest BCUT2D eigenvalue weighted by Gasteiger charge is -2.58. The summed E-state index contributed by atoms with van der Waals surface area (Å²) in [7, 11) is 1.80. The van der Waals surface area contributed by atoms with E-state index in [2.05, 4.69) is 123 Å². The SMILES string of the molecule is COC1C(c2ccc3cccc4c3c2NC2(CC(C)C(C)C(C)C2)N4)C([O-])C1c1ccc2cccc3c2c1NC1(CC(C)C(C)C(C)C1)N3. The minimum absolute atomic E-state index is 0.224. The fraction of sp³-hybridized carbons (Fsp3) is 0.535. The Morgan fingerprint density at radius 2 is 0.980 bits per heavy atom. The molecule has 6 atom stereocenters. The summed E-state index contributed by atoms with van der Waals surface area (Å²) in [6.45, 7) is 14.4. The van der Waals surface area contributed by atoms with E-state index in [0.29, 0.717) is 35.5 Å². The summed E-state index contributed by atoms with van der Waals surface area (Å²) < 4.78 is 6.39. The van der Waals surface area contributed by atoms with Crippen LogP contribution in [0.15, 0.2) is 60.7 Å². The molecular formula is C43H53N4O2-. The van der Waals surface area contributed by atoms with Crippen LogP contribution in [0.5, 0.6) is 0 Å². The van der Waals surface area contributed by atoms with Crippen molar-refractivity contribution in [1.29, 1.82) is 0 Å². The van der Waals surface area contributed by atoms with Crippen LogP contribution in [0.2, 0.25) is 0 Å². The van der Waals surface area contributed by atoms with E-state index >= 15 is 0 Å². The molecular weight excluding hydrogens is 604 g/mol. The van der Waals surface area contributed by atoms with E-state index in [0.717, 1.165) is 48.2 Å². The number of hydrogen-bond acceptors (Lipinski definition) is 6. The lowest BCUT2D eigenvalue weighted by Crippen LogP contribution is -2.60. The van der Waals surface area contributed by atoms with E-state index < -0.39 is 6.10 Å². The normalized spacial score (nSPS) is 39.2. The molecule has 3 fully saturated rings. The van der Waals surface area contributed by atoms with Crippen LogP contribution in [-0.2, 0) is 4.74 Å². The van der Waals surface area contributed by atoms with Crippen molar-refractivity contribution >= 4 is 44.3 Å². The molecule has 2 aliphatic heterocycles. The first-order valence-electron chi connectivity index (χ1n) is 18.9. The number of nitrogens with one attached hydrogen (secondary N) is 4. The minimum atomic E-state index is -0.833. The van der Waals surface area contributed by atoms with Crippen LogP contribution >= 0.6 is 0 Å². The van der Waals surface area contributed by atoms with Gasteiger partial charge in [0.15, 0.2) is 0 Å². The Kier molecular flexibility index (Phi) is 7.08. The Balaban J connectivity index is 1.12. The maximum atomic E-state index is 14.9. The average Bonchev–Trinajstić information content (AvgIpc) is 3.07. The monoisotopic (exact) mass is 657 g/mol. The predicted octanol–water partition coefficient (Wildman–Crippen LogP) is 9.09. The topological polar surface area (TPSA) is 80.4 Å². The molecule has 6 nitrogen and oxygen atoms in total. The summed E-state index contributed by atoms with van der Waals surface area (Å²) in [6, 6.07) is 22.0. The number of ether oxygens (including phenoxy) is 1. The standard InChI is InChI=1S/C43H53N4O2/c1-22-18-42(19-23(2)26(22)5)44-32-12-8-10-28-14-16-30(38(46-42)34(28)32)36-40(48)37(41(36)49-7)31-17-15-29-11-9-13-33-35(29)39(31)47-43(45-33)20-24(3)27(6)25(4)21-43/h8-17,22-27,36-37,40-41,44-47H,18-21H2,1-7H3/q-1. The quantitative estimate of drug-likeness (QED) is 0.176. The van der Waals surface area contributed by atoms with Crippen LogP contribution < -0.4 is 26.4 Å². The van der Waals surface area contributed by atoms with Crippen LogP contribution in [0, 0.1) is 35.5 Å². The van der Waals surface area contributed by atoms with Gasteiger partial charge in [0.25, 0.3) is 0 Å². The Morgan fingerprint density at radius 3 is 1.37 bits per heavy atom.